The summed E-state index contributed by atoms with van der Waals surface area (Å²) in [7, 11) is -4.09. The van der Waals surface area contributed by atoms with E-state index in [1.165, 1.54) is 10.4 Å². The van der Waals surface area contributed by atoms with Crippen molar-refractivity contribution in [2.24, 2.45) is 0 Å². The number of para-hydroxylation sites is 3. The highest BCUT2D eigenvalue weighted by molar-refractivity contribution is 9.09. The van der Waals surface area contributed by atoms with Crippen molar-refractivity contribution in [3.05, 3.63) is 54.1 Å². The number of unbranched alkanes of at least 4 members (excludes halogenated alkanes) is 1. The largest absolute Gasteiger partial charge is 0.331 e. The average Bonchev–Trinajstić information content (AvgIpc) is 2.76. The summed E-state index contributed by atoms with van der Waals surface area (Å²) in [6.45, 7) is 0.248. The number of fused-ring (bicyclic) bond motifs is 1. The van der Waals surface area contributed by atoms with Gasteiger partial charge >= 0.3 is 10.2 Å². The molecule has 1 aliphatic heterocycles. The highest BCUT2D eigenvalue weighted by Crippen LogP contribution is 2.46. The van der Waals surface area contributed by atoms with Crippen LogP contribution in [0.3, 0.4) is 0 Å². The topological polar surface area (TPSA) is 40.6 Å². The molecule has 0 saturated carbocycles. The molecule has 0 N–H and O–H groups in total. The van der Waals surface area contributed by atoms with Gasteiger partial charge in [-0.3, -0.25) is 4.31 Å². The number of anilines is 3. The third kappa shape index (κ3) is 2.77. The summed E-state index contributed by atoms with van der Waals surface area (Å²) in [5.74, 6) is -1.84. The zero-order valence-electron chi connectivity index (χ0n) is 12.6. The Morgan fingerprint density at radius 2 is 1.54 bits per heavy atom. The molecule has 1 aliphatic rings. The fourth-order valence-electron chi connectivity index (χ4n) is 2.70. The van der Waals surface area contributed by atoms with Crippen molar-refractivity contribution in [2.75, 3.05) is 20.5 Å². The van der Waals surface area contributed by atoms with E-state index in [9.17, 15) is 17.2 Å². The van der Waals surface area contributed by atoms with Crippen LogP contribution in [0.4, 0.5) is 25.8 Å². The average molecular weight is 417 g/mol. The predicted molar refractivity (Wildman–Crippen MR) is 94.2 cm³/mol. The molecule has 0 unspecified atom stereocenters. The van der Waals surface area contributed by atoms with Crippen LogP contribution in [0.1, 0.15) is 12.8 Å². The molecule has 4 nitrogen and oxygen atoms in total. The summed E-state index contributed by atoms with van der Waals surface area (Å²) < 4.78 is 56.3. The number of benzene rings is 2. The fourth-order valence-corrected chi connectivity index (χ4v) is 4.86. The van der Waals surface area contributed by atoms with Gasteiger partial charge in [0.05, 0.1) is 11.4 Å². The Morgan fingerprint density at radius 3 is 2.17 bits per heavy atom. The second-order valence-electron chi connectivity index (χ2n) is 5.30. The Labute approximate surface area is 148 Å². The van der Waals surface area contributed by atoms with Gasteiger partial charge in [0.15, 0.2) is 11.6 Å². The second kappa shape index (κ2) is 6.68. The van der Waals surface area contributed by atoms with Gasteiger partial charge in [-0.2, -0.15) is 8.42 Å². The molecule has 0 amide bonds. The standard InChI is InChI=1S/C16H15BrF2N2O2S/c17-10-3-4-11-20-14-8-1-2-9-15(14)21(24(20,22)23)16-12(18)6-5-7-13(16)19/h1-2,5-9H,3-4,10-11H2. The van der Waals surface area contributed by atoms with Crippen LogP contribution in [-0.4, -0.2) is 20.3 Å². The van der Waals surface area contributed by atoms with Gasteiger partial charge in [0.25, 0.3) is 0 Å². The number of halogens is 3. The van der Waals surface area contributed by atoms with Crippen LogP contribution in [0, 0.1) is 11.6 Å². The third-order valence-electron chi connectivity index (χ3n) is 3.76. The quantitative estimate of drug-likeness (QED) is 0.537. The minimum atomic E-state index is -4.09. The minimum Gasteiger partial charge on any atom is -0.251 e. The van der Waals surface area contributed by atoms with E-state index in [2.05, 4.69) is 15.9 Å². The summed E-state index contributed by atoms with van der Waals surface area (Å²) in [5, 5.41) is 0.758. The van der Waals surface area contributed by atoms with Gasteiger partial charge < -0.3 is 0 Å². The predicted octanol–water partition coefficient (Wildman–Crippen LogP) is 4.34. The second-order valence-corrected chi connectivity index (χ2v) is 7.79. The Morgan fingerprint density at radius 1 is 0.917 bits per heavy atom. The zero-order valence-corrected chi connectivity index (χ0v) is 15.0. The zero-order chi connectivity index (χ0) is 17.3. The molecule has 0 saturated heterocycles. The maximum Gasteiger partial charge on any atom is 0.331 e. The van der Waals surface area contributed by atoms with Gasteiger partial charge in [-0.05, 0) is 37.1 Å². The molecule has 0 fully saturated rings. The van der Waals surface area contributed by atoms with Gasteiger partial charge in [-0.1, -0.05) is 34.1 Å². The molecule has 24 heavy (non-hydrogen) atoms. The molecule has 1 heterocycles. The van der Waals surface area contributed by atoms with E-state index in [4.69, 9.17) is 0 Å². The summed E-state index contributed by atoms with van der Waals surface area (Å²) in [4.78, 5) is 0. The normalized spacial score (nSPS) is 15.6. The Kier molecular flexibility index (Phi) is 4.78. The molecule has 0 aromatic heterocycles. The van der Waals surface area contributed by atoms with E-state index in [0.29, 0.717) is 12.1 Å². The third-order valence-corrected chi connectivity index (χ3v) is 6.10. The molecule has 0 radical (unpaired) electrons. The van der Waals surface area contributed by atoms with E-state index < -0.39 is 27.5 Å². The molecule has 2 aromatic carbocycles. The first kappa shape index (κ1) is 17.2. The van der Waals surface area contributed by atoms with Crippen molar-refractivity contribution >= 4 is 43.2 Å². The van der Waals surface area contributed by atoms with Gasteiger partial charge in [-0.15, -0.1) is 0 Å². The minimum absolute atomic E-state index is 0.248. The first-order chi connectivity index (χ1) is 11.5. The Hall–Kier alpha value is -1.67. The molecule has 0 spiro atoms. The summed E-state index contributed by atoms with van der Waals surface area (Å²) in [5.41, 5.74) is 0.100. The molecular weight excluding hydrogens is 402 g/mol. The first-order valence-corrected chi connectivity index (χ1v) is 9.92. The van der Waals surface area contributed by atoms with E-state index in [1.807, 2.05) is 0 Å². The van der Waals surface area contributed by atoms with Gasteiger partial charge in [-0.25, -0.2) is 13.1 Å². The molecule has 128 valence electrons. The van der Waals surface area contributed by atoms with Gasteiger partial charge in [0, 0.05) is 11.9 Å². The van der Waals surface area contributed by atoms with Crippen molar-refractivity contribution in [3.63, 3.8) is 0 Å². The number of rotatable bonds is 5. The van der Waals surface area contributed by atoms with E-state index >= 15 is 0 Å². The molecule has 8 heteroatoms. The summed E-state index contributed by atoms with van der Waals surface area (Å²) in [6, 6.07) is 9.82. The lowest BCUT2D eigenvalue weighted by Gasteiger charge is -2.22. The SMILES string of the molecule is O=S1(=O)N(CCCCBr)c2ccccc2N1c1c(F)cccc1F. The smallest absolute Gasteiger partial charge is 0.251 e. The molecule has 0 aliphatic carbocycles. The fraction of sp³-hybridized carbons (Fsp3) is 0.250. The molecule has 0 bridgehead atoms. The summed E-state index contributed by atoms with van der Waals surface area (Å²) in [6.07, 6.45) is 1.43. The summed E-state index contributed by atoms with van der Waals surface area (Å²) >= 11 is 3.31. The van der Waals surface area contributed by atoms with Crippen molar-refractivity contribution in [1.29, 1.82) is 0 Å². The lowest BCUT2D eigenvalue weighted by molar-refractivity contribution is 0.574. The van der Waals surface area contributed by atoms with Crippen LogP contribution in [0.15, 0.2) is 42.5 Å². The van der Waals surface area contributed by atoms with Crippen LogP contribution in [-0.2, 0) is 10.2 Å². The molecular formula is C16H15BrF2N2O2S. The van der Waals surface area contributed by atoms with Crippen LogP contribution in [0.25, 0.3) is 0 Å². The molecule has 3 rings (SSSR count). The maximum atomic E-state index is 14.2. The van der Waals surface area contributed by atoms with Crippen molar-refractivity contribution < 1.29 is 17.2 Å². The lowest BCUT2D eigenvalue weighted by Crippen LogP contribution is -2.36. The van der Waals surface area contributed by atoms with Gasteiger partial charge in [0.2, 0.25) is 0 Å². The van der Waals surface area contributed by atoms with Crippen LogP contribution in [0.5, 0.6) is 0 Å². The highest BCUT2D eigenvalue weighted by Gasteiger charge is 2.43. The Balaban J connectivity index is 2.14. The number of hydrogen-bond donors (Lipinski definition) is 0. The highest BCUT2D eigenvalue weighted by atomic mass is 79.9. The monoisotopic (exact) mass is 416 g/mol. The first-order valence-electron chi connectivity index (χ1n) is 7.40. The number of hydrogen-bond acceptors (Lipinski definition) is 2. The molecule has 2 aromatic rings. The Bertz CT molecular complexity index is 841. The lowest BCUT2D eigenvalue weighted by atomic mass is 10.2. The van der Waals surface area contributed by atoms with Crippen LogP contribution < -0.4 is 8.61 Å². The van der Waals surface area contributed by atoms with Crippen molar-refractivity contribution in [2.45, 2.75) is 12.8 Å². The number of nitrogens with zero attached hydrogens (tertiary/aromatic N) is 2. The van der Waals surface area contributed by atoms with Gasteiger partial charge in [0.1, 0.15) is 5.69 Å². The van der Waals surface area contributed by atoms with Crippen LogP contribution in [0.2, 0.25) is 0 Å². The van der Waals surface area contributed by atoms with E-state index in [1.54, 1.807) is 24.3 Å². The van der Waals surface area contributed by atoms with E-state index in [-0.39, 0.29) is 12.2 Å². The number of alkyl halides is 1. The van der Waals surface area contributed by atoms with Crippen LogP contribution >= 0.6 is 15.9 Å². The van der Waals surface area contributed by atoms with Crippen molar-refractivity contribution in [1.82, 2.24) is 0 Å². The van der Waals surface area contributed by atoms with E-state index in [0.717, 1.165) is 28.2 Å². The molecule has 0 atom stereocenters. The van der Waals surface area contributed by atoms with Crippen molar-refractivity contribution in [3.8, 4) is 0 Å². The maximum absolute atomic E-state index is 14.2.